The average Bonchev–Trinajstić information content (AvgIpc) is 3.22. The number of hydrogen-bond acceptors (Lipinski definition) is 6. The summed E-state index contributed by atoms with van der Waals surface area (Å²) in [5.74, 6) is 1.94. The van der Waals surface area contributed by atoms with Gasteiger partial charge in [-0.05, 0) is 55.5 Å². The van der Waals surface area contributed by atoms with Crippen LogP contribution in [0.15, 0.2) is 53.1 Å². The lowest BCUT2D eigenvalue weighted by Crippen LogP contribution is -2.50. The molecule has 8 heteroatoms. The number of carbonyl (C=O) groups is 1. The van der Waals surface area contributed by atoms with Gasteiger partial charge in [-0.15, -0.1) is 0 Å². The molecule has 156 valence electrons. The highest BCUT2D eigenvalue weighted by Gasteiger charge is 2.21. The van der Waals surface area contributed by atoms with Crippen LogP contribution in [0.2, 0.25) is 0 Å². The summed E-state index contributed by atoms with van der Waals surface area (Å²) in [5.41, 5.74) is 2.80. The van der Waals surface area contributed by atoms with Crippen molar-refractivity contribution in [3.8, 4) is 17.1 Å². The number of aromatic nitrogens is 2. The van der Waals surface area contributed by atoms with Gasteiger partial charge in [-0.2, -0.15) is 4.98 Å². The number of hydrogen-bond donors (Lipinski definition) is 1. The normalized spacial score (nSPS) is 13.9. The van der Waals surface area contributed by atoms with E-state index in [9.17, 15) is 4.79 Å². The third-order valence-corrected chi connectivity index (χ3v) is 5.00. The molecule has 1 N–H and O–H groups in total. The van der Waals surface area contributed by atoms with E-state index in [-0.39, 0.29) is 6.03 Å². The van der Waals surface area contributed by atoms with E-state index < -0.39 is 0 Å². The number of nitrogens with one attached hydrogen (secondary N) is 1. The van der Waals surface area contributed by atoms with Gasteiger partial charge in [0.15, 0.2) is 0 Å². The van der Waals surface area contributed by atoms with Gasteiger partial charge in [0.2, 0.25) is 11.7 Å². The Hall–Kier alpha value is -3.55. The van der Waals surface area contributed by atoms with Crippen molar-refractivity contribution in [2.75, 3.05) is 43.0 Å². The fraction of sp³-hybridized carbons (Fsp3) is 0.318. The lowest BCUT2D eigenvalue weighted by Gasteiger charge is -2.36. The first-order chi connectivity index (χ1) is 14.6. The van der Waals surface area contributed by atoms with Crippen molar-refractivity contribution >= 4 is 17.4 Å². The lowest BCUT2D eigenvalue weighted by molar-refractivity contribution is 0.208. The molecule has 0 saturated carbocycles. The van der Waals surface area contributed by atoms with Gasteiger partial charge in [-0.1, -0.05) is 5.16 Å². The molecule has 2 aromatic carbocycles. The van der Waals surface area contributed by atoms with Gasteiger partial charge in [-0.3, -0.25) is 0 Å². The fourth-order valence-electron chi connectivity index (χ4n) is 3.41. The van der Waals surface area contributed by atoms with Gasteiger partial charge in [0.1, 0.15) is 5.75 Å². The van der Waals surface area contributed by atoms with Crippen molar-refractivity contribution in [3.05, 3.63) is 54.4 Å². The van der Waals surface area contributed by atoms with Gasteiger partial charge in [0, 0.05) is 50.0 Å². The number of aryl methyl sites for hydroxylation is 1. The smallest absolute Gasteiger partial charge is 0.321 e. The minimum absolute atomic E-state index is 0.0818. The second kappa shape index (κ2) is 8.86. The van der Waals surface area contributed by atoms with E-state index in [0.29, 0.717) is 31.4 Å². The first-order valence-corrected chi connectivity index (χ1v) is 10.1. The zero-order chi connectivity index (χ0) is 20.9. The number of nitrogens with zero attached hydrogens (tertiary/aromatic N) is 4. The van der Waals surface area contributed by atoms with E-state index in [2.05, 4.69) is 32.5 Å². The molecule has 0 unspecified atom stereocenters. The molecule has 1 aliphatic heterocycles. The minimum atomic E-state index is -0.0818. The largest absolute Gasteiger partial charge is 0.494 e. The number of rotatable bonds is 5. The molecule has 1 fully saturated rings. The van der Waals surface area contributed by atoms with Crippen LogP contribution < -0.4 is 15.0 Å². The molecule has 30 heavy (non-hydrogen) atoms. The highest BCUT2D eigenvalue weighted by Crippen LogP contribution is 2.22. The van der Waals surface area contributed by atoms with Crippen LogP contribution in [0, 0.1) is 6.92 Å². The standard InChI is InChI=1S/C22H25N5O3/c1-3-29-20-10-6-18(7-11-20)24-22(28)27-14-12-26(13-15-27)19-8-4-17(5-9-19)21-23-16(2)30-25-21/h4-11H,3,12-15H2,1-2H3,(H,24,28). The molecule has 1 saturated heterocycles. The van der Waals surface area contributed by atoms with Crippen LogP contribution in [0.4, 0.5) is 16.2 Å². The Morgan fingerprint density at radius 1 is 1.07 bits per heavy atom. The van der Waals surface area contributed by atoms with Crippen molar-refractivity contribution < 1.29 is 14.1 Å². The summed E-state index contributed by atoms with van der Waals surface area (Å²) in [4.78, 5) is 20.9. The number of carbonyl (C=O) groups excluding carboxylic acids is 1. The molecule has 1 aromatic heterocycles. The van der Waals surface area contributed by atoms with Crippen LogP contribution in [-0.4, -0.2) is 53.9 Å². The van der Waals surface area contributed by atoms with Crippen molar-refractivity contribution in [3.63, 3.8) is 0 Å². The summed E-state index contributed by atoms with van der Waals surface area (Å²) in [6.45, 7) is 7.21. The zero-order valence-corrected chi connectivity index (χ0v) is 17.2. The zero-order valence-electron chi connectivity index (χ0n) is 17.2. The van der Waals surface area contributed by atoms with Crippen LogP contribution in [0.3, 0.4) is 0 Å². The third-order valence-electron chi connectivity index (χ3n) is 5.00. The van der Waals surface area contributed by atoms with Crippen LogP contribution in [0.5, 0.6) is 5.75 Å². The summed E-state index contributed by atoms with van der Waals surface area (Å²) in [6.07, 6.45) is 0. The van der Waals surface area contributed by atoms with Crippen LogP contribution in [0.1, 0.15) is 12.8 Å². The molecule has 0 bridgehead atoms. The Labute approximate surface area is 175 Å². The molecule has 2 heterocycles. The van der Waals surface area contributed by atoms with Gasteiger partial charge in [-0.25, -0.2) is 4.79 Å². The van der Waals surface area contributed by atoms with Crippen LogP contribution in [-0.2, 0) is 0 Å². The fourth-order valence-corrected chi connectivity index (χ4v) is 3.41. The molecule has 4 rings (SSSR count). The number of amides is 2. The Kier molecular flexibility index (Phi) is 5.83. The van der Waals surface area contributed by atoms with E-state index in [4.69, 9.17) is 9.26 Å². The summed E-state index contributed by atoms with van der Waals surface area (Å²) < 4.78 is 10.5. The van der Waals surface area contributed by atoms with E-state index in [0.717, 1.165) is 35.8 Å². The van der Waals surface area contributed by atoms with Crippen LogP contribution >= 0.6 is 0 Å². The molecule has 0 radical (unpaired) electrons. The van der Waals surface area contributed by atoms with Gasteiger partial charge in [0.05, 0.1) is 6.61 Å². The van der Waals surface area contributed by atoms with Crippen LogP contribution in [0.25, 0.3) is 11.4 Å². The summed E-state index contributed by atoms with van der Waals surface area (Å²) in [7, 11) is 0. The first kappa shape index (κ1) is 19.8. The Balaban J connectivity index is 1.30. The summed E-state index contributed by atoms with van der Waals surface area (Å²) >= 11 is 0. The number of urea groups is 1. The van der Waals surface area contributed by atoms with E-state index in [1.165, 1.54) is 0 Å². The lowest BCUT2D eigenvalue weighted by atomic mass is 10.1. The van der Waals surface area contributed by atoms with Gasteiger partial charge < -0.3 is 24.4 Å². The molecule has 8 nitrogen and oxygen atoms in total. The maximum absolute atomic E-state index is 12.6. The quantitative estimate of drug-likeness (QED) is 0.693. The maximum atomic E-state index is 12.6. The van der Waals surface area contributed by atoms with E-state index >= 15 is 0 Å². The average molecular weight is 407 g/mol. The van der Waals surface area contributed by atoms with Gasteiger partial charge in [0.25, 0.3) is 0 Å². The van der Waals surface area contributed by atoms with E-state index in [1.54, 1.807) is 6.92 Å². The highest BCUT2D eigenvalue weighted by molar-refractivity contribution is 5.89. The molecular formula is C22H25N5O3. The number of anilines is 2. The van der Waals surface area contributed by atoms with Crippen molar-refractivity contribution in [1.29, 1.82) is 0 Å². The number of piperazine rings is 1. The number of ether oxygens (including phenoxy) is 1. The summed E-state index contributed by atoms with van der Waals surface area (Å²) in [6, 6.07) is 15.4. The molecule has 0 atom stereocenters. The van der Waals surface area contributed by atoms with E-state index in [1.807, 2.05) is 48.2 Å². The highest BCUT2D eigenvalue weighted by atomic mass is 16.5. The Morgan fingerprint density at radius 2 is 1.77 bits per heavy atom. The molecule has 0 spiro atoms. The second-order valence-electron chi connectivity index (χ2n) is 7.05. The topological polar surface area (TPSA) is 83.7 Å². The molecular weight excluding hydrogens is 382 g/mol. The summed E-state index contributed by atoms with van der Waals surface area (Å²) in [5, 5.41) is 6.90. The van der Waals surface area contributed by atoms with Crippen molar-refractivity contribution in [1.82, 2.24) is 15.0 Å². The minimum Gasteiger partial charge on any atom is -0.494 e. The Bertz CT molecular complexity index is 977. The monoisotopic (exact) mass is 407 g/mol. The maximum Gasteiger partial charge on any atom is 0.321 e. The molecule has 3 aromatic rings. The van der Waals surface area contributed by atoms with Gasteiger partial charge >= 0.3 is 6.03 Å². The predicted octanol–water partition coefficient (Wildman–Crippen LogP) is 3.80. The predicted molar refractivity (Wildman–Crippen MR) is 115 cm³/mol. The van der Waals surface area contributed by atoms with Crippen molar-refractivity contribution in [2.45, 2.75) is 13.8 Å². The second-order valence-corrected chi connectivity index (χ2v) is 7.05. The molecule has 2 amide bonds. The molecule has 1 aliphatic rings. The first-order valence-electron chi connectivity index (χ1n) is 10.1. The Morgan fingerprint density at radius 3 is 2.37 bits per heavy atom. The SMILES string of the molecule is CCOc1ccc(NC(=O)N2CCN(c3ccc(-c4noc(C)n4)cc3)CC2)cc1. The number of benzene rings is 2. The third kappa shape index (κ3) is 4.53. The van der Waals surface area contributed by atoms with Crippen molar-refractivity contribution in [2.24, 2.45) is 0 Å². The molecule has 0 aliphatic carbocycles.